The van der Waals surface area contributed by atoms with Crippen molar-refractivity contribution in [1.29, 1.82) is 0 Å². The van der Waals surface area contributed by atoms with Crippen molar-refractivity contribution in [2.75, 3.05) is 39.4 Å². The third kappa shape index (κ3) is 4.37. The first-order valence-electron chi connectivity index (χ1n) is 10.7. The number of carbonyl (C=O) groups excluding carboxylic acids is 2. The van der Waals surface area contributed by atoms with Crippen LogP contribution in [0.1, 0.15) is 34.3 Å². The van der Waals surface area contributed by atoms with Gasteiger partial charge in [-0.3, -0.25) is 9.59 Å². The van der Waals surface area contributed by atoms with Crippen LogP contribution in [0, 0.1) is 0 Å². The van der Waals surface area contributed by atoms with Gasteiger partial charge in [-0.25, -0.2) is 0 Å². The molecule has 5 nitrogen and oxygen atoms in total. The first-order chi connectivity index (χ1) is 15.3. The number of ether oxygens (including phenoxy) is 1. The quantitative estimate of drug-likeness (QED) is 0.722. The minimum Gasteiger partial charge on any atom is -0.381 e. The summed E-state index contributed by atoms with van der Waals surface area (Å²) in [7, 11) is 0. The molecule has 8 heteroatoms. The molecule has 0 bridgehead atoms. The highest BCUT2D eigenvalue weighted by atomic mass is 19.4. The minimum absolute atomic E-state index is 0.0867. The van der Waals surface area contributed by atoms with Gasteiger partial charge < -0.3 is 14.5 Å². The Morgan fingerprint density at radius 1 is 0.844 bits per heavy atom. The minimum atomic E-state index is -4.48. The van der Waals surface area contributed by atoms with Gasteiger partial charge in [-0.2, -0.15) is 13.2 Å². The fourth-order valence-corrected chi connectivity index (χ4v) is 4.52. The first-order valence-corrected chi connectivity index (χ1v) is 10.7. The lowest BCUT2D eigenvalue weighted by atomic mass is 9.72. The number of benzene rings is 2. The third-order valence-corrected chi connectivity index (χ3v) is 6.37. The molecule has 0 spiro atoms. The Morgan fingerprint density at radius 2 is 1.47 bits per heavy atom. The van der Waals surface area contributed by atoms with Crippen LogP contribution < -0.4 is 0 Å². The van der Waals surface area contributed by atoms with Crippen molar-refractivity contribution in [3.8, 4) is 0 Å². The van der Waals surface area contributed by atoms with Crippen LogP contribution in [0.25, 0.3) is 0 Å². The van der Waals surface area contributed by atoms with Gasteiger partial charge in [-0.1, -0.05) is 36.4 Å². The molecular formula is C24H25F3N2O3. The Labute approximate surface area is 184 Å². The lowest BCUT2D eigenvalue weighted by Crippen LogP contribution is -2.56. The fraction of sp³-hybridized carbons (Fsp3) is 0.417. The fourth-order valence-electron chi connectivity index (χ4n) is 4.52. The molecule has 0 atom stereocenters. The average molecular weight is 446 g/mol. The summed E-state index contributed by atoms with van der Waals surface area (Å²) in [6, 6.07) is 14.0. The summed E-state index contributed by atoms with van der Waals surface area (Å²) in [6.45, 7) is 2.09. The second kappa shape index (κ2) is 8.94. The zero-order chi connectivity index (χ0) is 22.8. The van der Waals surface area contributed by atoms with E-state index in [0.717, 1.165) is 12.1 Å². The van der Waals surface area contributed by atoms with Gasteiger partial charge in [0.1, 0.15) is 0 Å². The highest BCUT2D eigenvalue weighted by Crippen LogP contribution is 2.39. The summed E-state index contributed by atoms with van der Waals surface area (Å²) >= 11 is 0. The van der Waals surface area contributed by atoms with E-state index < -0.39 is 17.2 Å². The second-order valence-electron chi connectivity index (χ2n) is 8.22. The monoisotopic (exact) mass is 446 g/mol. The van der Waals surface area contributed by atoms with Gasteiger partial charge in [0.25, 0.3) is 5.91 Å². The number of nitrogens with zero attached hydrogens (tertiary/aromatic N) is 2. The van der Waals surface area contributed by atoms with Gasteiger partial charge in [0, 0.05) is 45.0 Å². The highest BCUT2D eigenvalue weighted by molar-refractivity contribution is 5.94. The van der Waals surface area contributed by atoms with Crippen LogP contribution in [0.2, 0.25) is 0 Å². The van der Waals surface area contributed by atoms with Gasteiger partial charge in [0.05, 0.1) is 11.0 Å². The second-order valence-corrected chi connectivity index (χ2v) is 8.22. The Balaban J connectivity index is 1.53. The highest BCUT2D eigenvalue weighted by Gasteiger charge is 2.45. The molecule has 32 heavy (non-hydrogen) atoms. The van der Waals surface area contributed by atoms with Crippen molar-refractivity contribution in [3.63, 3.8) is 0 Å². The Bertz CT molecular complexity index is 964. The largest absolute Gasteiger partial charge is 0.416 e. The van der Waals surface area contributed by atoms with Crippen LogP contribution in [0.5, 0.6) is 0 Å². The first kappa shape index (κ1) is 22.3. The molecule has 2 aromatic carbocycles. The maximum absolute atomic E-state index is 13.7. The molecule has 4 rings (SSSR count). The van der Waals surface area contributed by atoms with E-state index >= 15 is 0 Å². The normalized spacial score (nSPS) is 19.0. The van der Waals surface area contributed by atoms with Crippen molar-refractivity contribution < 1.29 is 27.5 Å². The molecule has 2 fully saturated rings. The number of piperazine rings is 1. The summed E-state index contributed by atoms with van der Waals surface area (Å²) < 4.78 is 45.4. The van der Waals surface area contributed by atoms with E-state index in [4.69, 9.17) is 4.74 Å². The van der Waals surface area contributed by atoms with Gasteiger partial charge in [0.15, 0.2) is 0 Å². The topological polar surface area (TPSA) is 49.9 Å². The molecule has 2 aliphatic rings. The van der Waals surface area contributed by atoms with E-state index in [1.807, 2.05) is 6.07 Å². The summed E-state index contributed by atoms with van der Waals surface area (Å²) in [5.41, 5.74) is -0.835. The maximum atomic E-state index is 13.7. The van der Waals surface area contributed by atoms with Crippen molar-refractivity contribution in [2.24, 2.45) is 0 Å². The Kier molecular flexibility index (Phi) is 6.24. The Morgan fingerprint density at radius 3 is 2.09 bits per heavy atom. The summed E-state index contributed by atoms with van der Waals surface area (Å²) in [5, 5.41) is 0. The number of alkyl halides is 3. The zero-order valence-corrected chi connectivity index (χ0v) is 17.6. The lowest BCUT2D eigenvalue weighted by Gasteiger charge is -2.43. The Hall–Kier alpha value is -2.87. The molecule has 0 radical (unpaired) electrons. The molecule has 0 N–H and O–H groups in total. The van der Waals surface area contributed by atoms with Crippen molar-refractivity contribution in [2.45, 2.75) is 24.4 Å². The van der Waals surface area contributed by atoms with E-state index in [1.165, 1.54) is 6.07 Å². The number of amides is 2. The number of rotatable bonds is 3. The standard InChI is InChI=1S/C24H25F3N2O3/c25-24(26,27)20-8-4-7-19(17-20)23(9-15-32-16-10-23)22(31)29-13-11-28(12-14-29)21(30)18-5-2-1-3-6-18/h1-8,17H,9-16H2. The van der Waals surface area contributed by atoms with Crippen LogP contribution in [-0.2, 0) is 21.1 Å². The van der Waals surface area contributed by atoms with E-state index in [0.29, 0.717) is 63.4 Å². The van der Waals surface area contributed by atoms with Crippen molar-refractivity contribution in [3.05, 3.63) is 71.3 Å². The summed E-state index contributed by atoms with van der Waals surface area (Å²) in [5.74, 6) is -0.275. The molecule has 0 saturated carbocycles. The van der Waals surface area contributed by atoms with Crippen LogP contribution >= 0.6 is 0 Å². The number of hydrogen-bond acceptors (Lipinski definition) is 3. The third-order valence-electron chi connectivity index (χ3n) is 6.37. The molecule has 0 unspecified atom stereocenters. The molecule has 2 heterocycles. The molecular weight excluding hydrogens is 421 g/mol. The molecule has 2 aliphatic heterocycles. The molecule has 2 amide bonds. The number of halogens is 3. The lowest BCUT2D eigenvalue weighted by molar-refractivity contribution is -0.143. The SMILES string of the molecule is O=C(c1ccccc1)N1CCN(C(=O)C2(c3cccc(C(F)(F)F)c3)CCOCC2)CC1. The molecule has 0 aromatic heterocycles. The van der Waals surface area contributed by atoms with Crippen LogP contribution in [0.15, 0.2) is 54.6 Å². The predicted molar refractivity (Wildman–Crippen MR) is 112 cm³/mol. The molecule has 2 aromatic rings. The van der Waals surface area contributed by atoms with E-state index in [9.17, 15) is 22.8 Å². The van der Waals surface area contributed by atoms with E-state index in [2.05, 4.69) is 0 Å². The van der Waals surface area contributed by atoms with Gasteiger partial charge in [-0.05, 0) is 36.6 Å². The number of carbonyl (C=O) groups is 2. The predicted octanol–water partition coefficient (Wildman–Crippen LogP) is 3.74. The molecule has 2 saturated heterocycles. The van der Waals surface area contributed by atoms with Crippen LogP contribution in [-0.4, -0.2) is 61.0 Å². The van der Waals surface area contributed by atoms with Crippen LogP contribution in [0.3, 0.4) is 0 Å². The van der Waals surface area contributed by atoms with Gasteiger partial charge in [0.2, 0.25) is 5.91 Å². The number of hydrogen-bond donors (Lipinski definition) is 0. The molecule has 0 aliphatic carbocycles. The maximum Gasteiger partial charge on any atom is 0.416 e. The average Bonchev–Trinajstić information content (AvgIpc) is 2.84. The summed E-state index contributed by atoms with van der Waals surface area (Å²) in [4.78, 5) is 29.8. The van der Waals surface area contributed by atoms with Gasteiger partial charge in [-0.15, -0.1) is 0 Å². The van der Waals surface area contributed by atoms with Crippen molar-refractivity contribution >= 4 is 11.8 Å². The van der Waals surface area contributed by atoms with Crippen LogP contribution in [0.4, 0.5) is 13.2 Å². The summed E-state index contributed by atoms with van der Waals surface area (Å²) in [6.07, 6.45) is -3.82. The van der Waals surface area contributed by atoms with E-state index in [-0.39, 0.29) is 11.8 Å². The van der Waals surface area contributed by atoms with E-state index in [1.54, 1.807) is 40.1 Å². The zero-order valence-electron chi connectivity index (χ0n) is 17.6. The van der Waals surface area contributed by atoms with Gasteiger partial charge >= 0.3 is 6.18 Å². The van der Waals surface area contributed by atoms with Crippen molar-refractivity contribution in [1.82, 2.24) is 9.80 Å². The smallest absolute Gasteiger partial charge is 0.381 e. The molecule has 170 valence electrons.